The van der Waals surface area contributed by atoms with E-state index >= 15 is 0 Å². The first-order valence-electron chi connectivity index (χ1n) is 10.5. The van der Waals surface area contributed by atoms with Gasteiger partial charge in [0.1, 0.15) is 22.8 Å². The van der Waals surface area contributed by atoms with E-state index in [4.69, 9.17) is 4.74 Å². The van der Waals surface area contributed by atoms with Crippen LogP contribution in [0.5, 0.6) is 23.3 Å². The van der Waals surface area contributed by atoms with Gasteiger partial charge in [-0.2, -0.15) is 9.97 Å². The number of nitrogens with zero attached hydrogens (tertiary/aromatic N) is 3. The van der Waals surface area contributed by atoms with Crippen molar-refractivity contribution in [2.24, 2.45) is 0 Å². The molecule has 0 saturated heterocycles. The molecule has 0 aliphatic carbocycles. The maximum absolute atomic E-state index is 10.3. The second-order valence-corrected chi connectivity index (χ2v) is 8.05. The van der Waals surface area contributed by atoms with Gasteiger partial charge in [0.25, 0.3) is 0 Å². The lowest BCUT2D eigenvalue weighted by Gasteiger charge is -2.13. The lowest BCUT2D eigenvalue weighted by molar-refractivity contribution is 0.222. The highest BCUT2D eigenvalue weighted by atomic mass is 16.5. The van der Waals surface area contributed by atoms with Gasteiger partial charge in [-0.1, -0.05) is 36.4 Å². The Bertz CT molecular complexity index is 1490. The SMILES string of the molecule is CC(C)Oc1nc(-c2ccc3cc4ccccc4cc3c2)nc(-c2c(O)cc(O)cc2O)n1. The highest BCUT2D eigenvalue weighted by Gasteiger charge is 2.19. The van der Waals surface area contributed by atoms with Crippen LogP contribution in [0.3, 0.4) is 0 Å². The van der Waals surface area contributed by atoms with Gasteiger partial charge < -0.3 is 20.1 Å². The van der Waals surface area contributed by atoms with Crippen molar-refractivity contribution in [2.75, 3.05) is 0 Å². The molecule has 5 aromatic rings. The number of aromatic hydroxyl groups is 3. The lowest BCUT2D eigenvalue weighted by atomic mass is 10.0. The molecule has 0 atom stereocenters. The lowest BCUT2D eigenvalue weighted by Crippen LogP contribution is -2.10. The summed E-state index contributed by atoms with van der Waals surface area (Å²) in [7, 11) is 0. The van der Waals surface area contributed by atoms with Crippen LogP contribution in [0.4, 0.5) is 0 Å². The fourth-order valence-corrected chi connectivity index (χ4v) is 3.77. The maximum atomic E-state index is 10.3. The van der Waals surface area contributed by atoms with Gasteiger partial charge in [-0.05, 0) is 53.6 Å². The topological polar surface area (TPSA) is 109 Å². The highest BCUT2D eigenvalue weighted by molar-refractivity contribution is 5.99. The molecule has 0 bridgehead atoms. The summed E-state index contributed by atoms with van der Waals surface area (Å²) in [6.07, 6.45) is -0.196. The summed E-state index contributed by atoms with van der Waals surface area (Å²) in [5, 5.41) is 34.7. The van der Waals surface area contributed by atoms with Crippen LogP contribution >= 0.6 is 0 Å². The Balaban J connectivity index is 1.69. The Morgan fingerprint density at radius 2 is 1.27 bits per heavy atom. The van der Waals surface area contributed by atoms with Crippen molar-refractivity contribution in [3.05, 3.63) is 66.7 Å². The average Bonchev–Trinajstić information content (AvgIpc) is 2.76. The van der Waals surface area contributed by atoms with Crippen LogP contribution in [0.1, 0.15) is 13.8 Å². The number of phenolic OH excluding ortho intramolecular Hbond substituents is 3. The van der Waals surface area contributed by atoms with E-state index in [1.165, 1.54) is 0 Å². The predicted octanol–water partition coefficient (Wildman–Crippen LogP) is 5.42. The number of hydrogen-bond acceptors (Lipinski definition) is 7. The summed E-state index contributed by atoms with van der Waals surface area (Å²) in [5.74, 6) is -0.625. The molecular formula is C26H21N3O4. The molecule has 0 radical (unpaired) electrons. The molecule has 0 spiro atoms. The molecule has 4 aromatic carbocycles. The third-order valence-electron chi connectivity index (χ3n) is 5.22. The zero-order chi connectivity index (χ0) is 23.1. The van der Waals surface area contributed by atoms with E-state index in [-0.39, 0.29) is 40.8 Å². The summed E-state index contributed by atoms with van der Waals surface area (Å²) in [4.78, 5) is 13.2. The highest BCUT2D eigenvalue weighted by Crippen LogP contribution is 2.39. The van der Waals surface area contributed by atoms with E-state index in [1.807, 2.05) is 44.2 Å². The predicted molar refractivity (Wildman–Crippen MR) is 126 cm³/mol. The average molecular weight is 439 g/mol. The summed E-state index contributed by atoms with van der Waals surface area (Å²) in [5.41, 5.74) is 0.713. The first-order chi connectivity index (χ1) is 15.9. The van der Waals surface area contributed by atoms with Crippen LogP contribution in [0.2, 0.25) is 0 Å². The molecule has 7 nitrogen and oxygen atoms in total. The number of phenols is 3. The summed E-state index contributed by atoms with van der Waals surface area (Å²) < 4.78 is 5.71. The molecule has 5 rings (SSSR count). The summed E-state index contributed by atoms with van der Waals surface area (Å²) in [6.45, 7) is 3.69. The van der Waals surface area contributed by atoms with Crippen molar-refractivity contribution in [1.29, 1.82) is 0 Å². The molecule has 0 amide bonds. The van der Waals surface area contributed by atoms with Crippen LogP contribution < -0.4 is 4.74 Å². The molecule has 1 aromatic heterocycles. The van der Waals surface area contributed by atoms with Gasteiger partial charge >= 0.3 is 6.01 Å². The van der Waals surface area contributed by atoms with Crippen LogP contribution in [-0.2, 0) is 0 Å². The van der Waals surface area contributed by atoms with E-state index in [2.05, 4.69) is 39.2 Å². The van der Waals surface area contributed by atoms with E-state index < -0.39 is 0 Å². The Morgan fingerprint density at radius 1 is 0.667 bits per heavy atom. The van der Waals surface area contributed by atoms with Crippen molar-refractivity contribution in [2.45, 2.75) is 20.0 Å². The minimum absolute atomic E-state index is 0.0168. The molecule has 1 heterocycles. The molecule has 7 heteroatoms. The van der Waals surface area contributed by atoms with E-state index in [0.717, 1.165) is 39.2 Å². The fourth-order valence-electron chi connectivity index (χ4n) is 3.77. The van der Waals surface area contributed by atoms with E-state index in [0.29, 0.717) is 5.82 Å². The minimum atomic E-state index is -0.356. The van der Waals surface area contributed by atoms with Gasteiger partial charge in [0.2, 0.25) is 0 Å². The molecule has 0 fully saturated rings. The van der Waals surface area contributed by atoms with Gasteiger partial charge in [0.15, 0.2) is 11.6 Å². The Hall–Kier alpha value is -4.39. The summed E-state index contributed by atoms with van der Waals surface area (Å²) >= 11 is 0. The summed E-state index contributed by atoms with van der Waals surface area (Å²) in [6, 6.07) is 20.6. The van der Waals surface area contributed by atoms with Crippen molar-refractivity contribution in [1.82, 2.24) is 15.0 Å². The second kappa shape index (κ2) is 7.94. The molecular weight excluding hydrogens is 418 g/mol. The number of rotatable bonds is 4. The maximum Gasteiger partial charge on any atom is 0.320 e. The first-order valence-corrected chi connectivity index (χ1v) is 10.5. The largest absolute Gasteiger partial charge is 0.508 e. The molecule has 0 aliphatic heterocycles. The fraction of sp³-hybridized carbons (Fsp3) is 0.115. The minimum Gasteiger partial charge on any atom is -0.508 e. The third-order valence-corrected chi connectivity index (χ3v) is 5.22. The molecule has 33 heavy (non-hydrogen) atoms. The molecule has 0 unspecified atom stereocenters. The standard InChI is InChI=1S/C26H21N3O4/c1-14(2)33-26-28-24(27-25(29-26)23-21(31)12-20(30)13-22(23)32)18-8-7-17-9-15-5-3-4-6-16(15)10-19(17)11-18/h3-14,30-32H,1-2H3. The molecule has 164 valence electrons. The normalized spacial score (nSPS) is 11.4. The molecule has 3 N–H and O–H groups in total. The number of ether oxygens (including phenoxy) is 1. The smallest absolute Gasteiger partial charge is 0.320 e. The zero-order valence-electron chi connectivity index (χ0n) is 18.0. The zero-order valence-corrected chi connectivity index (χ0v) is 18.0. The van der Waals surface area contributed by atoms with Gasteiger partial charge in [0, 0.05) is 17.7 Å². The Kier molecular flexibility index (Phi) is 4.94. The van der Waals surface area contributed by atoms with Crippen molar-refractivity contribution >= 4 is 21.5 Å². The van der Waals surface area contributed by atoms with Crippen molar-refractivity contribution in [3.8, 4) is 46.0 Å². The third kappa shape index (κ3) is 3.96. The van der Waals surface area contributed by atoms with E-state index in [1.54, 1.807) is 0 Å². The Labute approximate surface area is 189 Å². The van der Waals surface area contributed by atoms with Crippen molar-refractivity contribution in [3.63, 3.8) is 0 Å². The number of aromatic nitrogens is 3. The van der Waals surface area contributed by atoms with Crippen LogP contribution in [0.25, 0.3) is 44.3 Å². The van der Waals surface area contributed by atoms with Crippen LogP contribution in [-0.4, -0.2) is 36.4 Å². The quantitative estimate of drug-likeness (QED) is 0.321. The van der Waals surface area contributed by atoms with Gasteiger partial charge in [-0.15, -0.1) is 0 Å². The monoisotopic (exact) mass is 439 g/mol. The second-order valence-electron chi connectivity index (χ2n) is 8.05. The Morgan fingerprint density at radius 3 is 1.94 bits per heavy atom. The molecule has 0 aliphatic rings. The van der Waals surface area contributed by atoms with Crippen molar-refractivity contribution < 1.29 is 20.1 Å². The molecule has 0 saturated carbocycles. The van der Waals surface area contributed by atoms with Gasteiger partial charge in [-0.25, -0.2) is 4.98 Å². The van der Waals surface area contributed by atoms with E-state index in [9.17, 15) is 15.3 Å². The number of hydrogen-bond donors (Lipinski definition) is 3. The van der Waals surface area contributed by atoms with Gasteiger partial charge in [0.05, 0.1) is 6.10 Å². The number of fused-ring (bicyclic) bond motifs is 2. The van der Waals surface area contributed by atoms with Gasteiger partial charge in [-0.3, -0.25) is 0 Å². The van der Waals surface area contributed by atoms with Crippen LogP contribution in [0, 0.1) is 0 Å². The first kappa shape index (κ1) is 20.5. The number of benzene rings is 4. The van der Waals surface area contributed by atoms with Crippen LogP contribution in [0.15, 0.2) is 66.7 Å².